The van der Waals surface area contributed by atoms with Gasteiger partial charge in [-0.25, -0.2) is 0 Å². The lowest BCUT2D eigenvalue weighted by molar-refractivity contribution is 0.0871. The SMILES string of the molecule is CC/C(=C/OC)C1CCC2N(CC[C@]23Nc2cccc(O)c2C3=O)CC1CC. The average molecular weight is 385 g/mol. The van der Waals surface area contributed by atoms with E-state index in [1.165, 1.54) is 5.57 Å². The number of carbonyl (C=O) groups is 1. The average Bonchev–Trinajstić information content (AvgIpc) is 3.10. The number of benzene rings is 1. The molecule has 2 N–H and O–H groups in total. The van der Waals surface area contributed by atoms with E-state index in [4.69, 9.17) is 4.74 Å². The molecule has 0 bridgehead atoms. The Morgan fingerprint density at radius 3 is 2.89 bits per heavy atom. The highest BCUT2D eigenvalue weighted by atomic mass is 16.5. The first-order valence-corrected chi connectivity index (χ1v) is 10.7. The molecule has 1 aromatic carbocycles. The fraction of sp³-hybridized carbons (Fsp3) is 0.609. The summed E-state index contributed by atoms with van der Waals surface area (Å²) < 4.78 is 5.37. The lowest BCUT2D eigenvalue weighted by Gasteiger charge is -2.34. The molecule has 1 spiro atoms. The van der Waals surface area contributed by atoms with Gasteiger partial charge in [-0.05, 0) is 55.2 Å². The summed E-state index contributed by atoms with van der Waals surface area (Å²) in [6, 6.07) is 5.50. The van der Waals surface area contributed by atoms with Crippen molar-refractivity contribution in [3.8, 4) is 5.75 Å². The molecule has 4 atom stereocenters. The summed E-state index contributed by atoms with van der Waals surface area (Å²) in [7, 11) is 1.73. The summed E-state index contributed by atoms with van der Waals surface area (Å²) in [5.74, 6) is 1.25. The highest BCUT2D eigenvalue weighted by Crippen LogP contribution is 2.48. The second-order valence-corrected chi connectivity index (χ2v) is 8.52. The Bertz CT molecular complexity index is 790. The quantitative estimate of drug-likeness (QED) is 0.762. The number of hydrogen-bond acceptors (Lipinski definition) is 5. The largest absolute Gasteiger partial charge is 0.507 e. The van der Waals surface area contributed by atoms with Crippen LogP contribution in [-0.2, 0) is 4.74 Å². The third kappa shape index (κ3) is 2.83. The first-order chi connectivity index (χ1) is 13.6. The van der Waals surface area contributed by atoms with Crippen LogP contribution in [0.1, 0.15) is 56.3 Å². The molecule has 3 heterocycles. The molecule has 1 aromatic rings. The van der Waals surface area contributed by atoms with Gasteiger partial charge in [0.1, 0.15) is 11.3 Å². The van der Waals surface area contributed by atoms with Crippen LogP contribution in [0.15, 0.2) is 30.0 Å². The summed E-state index contributed by atoms with van der Waals surface area (Å²) in [5, 5.41) is 13.8. The summed E-state index contributed by atoms with van der Waals surface area (Å²) >= 11 is 0. The smallest absolute Gasteiger partial charge is 0.195 e. The minimum absolute atomic E-state index is 0.0720. The number of phenolic OH excluding ortho intramolecular Hbond substituents is 1. The maximum absolute atomic E-state index is 13.5. The van der Waals surface area contributed by atoms with Crippen molar-refractivity contribution in [3.05, 3.63) is 35.6 Å². The van der Waals surface area contributed by atoms with Gasteiger partial charge in [0.25, 0.3) is 0 Å². The number of ether oxygens (including phenoxy) is 1. The van der Waals surface area contributed by atoms with Crippen LogP contribution in [-0.4, -0.2) is 47.6 Å². The topological polar surface area (TPSA) is 61.8 Å². The van der Waals surface area contributed by atoms with Gasteiger partial charge in [0.05, 0.1) is 18.9 Å². The standard InChI is InChI=1S/C23H32N2O3/c1-4-15-13-25-12-11-23(20(25)10-9-17(15)16(5-2)14-28-3)22(27)21-18(24-23)7-6-8-19(21)26/h6-8,14-15,17,20,24,26H,4-5,9-13H2,1-3H3/b16-14-/t15?,17?,20?,23-/m0/s1. The molecule has 0 aliphatic carbocycles. The highest BCUT2D eigenvalue weighted by molar-refractivity contribution is 6.16. The molecular formula is C23H32N2O3. The van der Waals surface area contributed by atoms with Crippen LogP contribution < -0.4 is 5.32 Å². The van der Waals surface area contributed by atoms with Crippen molar-refractivity contribution < 1.29 is 14.6 Å². The number of carbonyl (C=O) groups excluding carboxylic acids is 1. The lowest BCUT2D eigenvalue weighted by Crippen LogP contribution is -2.52. The van der Waals surface area contributed by atoms with Gasteiger partial charge in [-0.3, -0.25) is 9.69 Å². The first-order valence-electron chi connectivity index (χ1n) is 10.7. The van der Waals surface area contributed by atoms with Gasteiger partial charge < -0.3 is 15.2 Å². The molecule has 2 saturated heterocycles. The molecule has 28 heavy (non-hydrogen) atoms. The van der Waals surface area contributed by atoms with E-state index in [9.17, 15) is 9.90 Å². The number of hydrogen-bond donors (Lipinski definition) is 2. The van der Waals surface area contributed by atoms with E-state index in [-0.39, 0.29) is 17.6 Å². The second kappa shape index (κ2) is 7.43. The van der Waals surface area contributed by atoms with Crippen LogP contribution in [0.4, 0.5) is 5.69 Å². The van der Waals surface area contributed by atoms with E-state index in [0.29, 0.717) is 17.4 Å². The lowest BCUT2D eigenvalue weighted by atomic mass is 9.78. The molecule has 0 radical (unpaired) electrons. The van der Waals surface area contributed by atoms with E-state index in [1.807, 2.05) is 12.3 Å². The van der Waals surface area contributed by atoms with Gasteiger partial charge >= 0.3 is 0 Å². The molecule has 5 heteroatoms. The fourth-order valence-electron chi connectivity index (χ4n) is 5.90. The number of fused-ring (bicyclic) bond motifs is 3. The van der Waals surface area contributed by atoms with Crippen molar-refractivity contribution in [2.24, 2.45) is 11.8 Å². The number of nitrogens with one attached hydrogen (secondary N) is 1. The summed E-state index contributed by atoms with van der Waals surface area (Å²) in [4.78, 5) is 16.0. The minimum Gasteiger partial charge on any atom is -0.507 e. The van der Waals surface area contributed by atoms with Crippen LogP contribution in [0.2, 0.25) is 0 Å². The summed E-state index contributed by atoms with van der Waals surface area (Å²) in [5.41, 5.74) is 2.06. The molecular weight excluding hydrogens is 352 g/mol. The van der Waals surface area contributed by atoms with Gasteiger partial charge in [-0.1, -0.05) is 26.3 Å². The number of methoxy groups -OCH3 is 1. The Balaban J connectivity index is 1.65. The molecule has 4 rings (SSSR count). The Morgan fingerprint density at radius 2 is 2.21 bits per heavy atom. The predicted octanol–water partition coefficient (Wildman–Crippen LogP) is 4.19. The molecule has 0 amide bonds. The molecule has 152 valence electrons. The highest BCUT2D eigenvalue weighted by Gasteiger charge is 2.57. The molecule has 0 aromatic heterocycles. The predicted molar refractivity (Wildman–Crippen MR) is 111 cm³/mol. The first kappa shape index (κ1) is 19.3. The molecule has 2 fully saturated rings. The van der Waals surface area contributed by atoms with Crippen LogP contribution >= 0.6 is 0 Å². The Hall–Kier alpha value is -2.01. The monoisotopic (exact) mass is 384 g/mol. The van der Waals surface area contributed by atoms with Crippen molar-refractivity contribution in [2.45, 2.75) is 57.5 Å². The minimum atomic E-state index is -0.592. The maximum Gasteiger partial charge on any atom is 0.195 e. The van der Waals surface area contributed by atoms with Crippen LogP contribution in [0.3, 0.4) is 0 Å². The number of phenols is 1. The Labute approximate surface area is 167 Å². The molecule has 3 unspecified atom stereocenters. The molecule has 3 aliphatic rings. The van der Waals surface area contributed by atoms with E-state index in [1.54, 1.807) is 19.2 Å². The van der Waals surface area contributed by atoms with E-state index in [0.717, 1.165) is 50.9 Å². The van der Waals surface area contributed by atoms with Gasteiger partial charge in [-0.15, -0.1) is 0 Å². The fourth-order valence-corrected chi connectivity index (χ4v) is 5.90. The van der Waals surface area contributed by atoms with Crippen molar-refractivity contribution in [1.29, 1.82) is 0 Å². The number of rotatable bonds is 4. The Morgan fingerprint density at radius 1 is 1.39 bits per heavy atom. The molecule has 5 nitrogen and oxygen atoms in total. The van der Waals surface area contributed by atoms with E-state index in [2.05, 4.69) is 24.1 Å². The van der Waals surface area contributed by atoms with Gasteiger partial charge in [0.2, 0.25) is 0 Å². The number of allylic oxidation sites excluding steroid dienone is 1. The van der Waals surface area contributed by atoms with Crippen LogP contribution in [0, 0.1) is 11.8 Å². The van der Waals surface area contributed by atoms with Crippen molar-refractivity contribution in [2.75, 3.05) is 25.5 Å². The van der Waals surface area contributed by atoms with E-state index >= 15 is 0 Å². The third-order valence-electron chi connectivity index (χ3n) is 7.30. The van der Waals surface area contributed by atoms with Crippen LogP contribution in [0.25, 0.3) is 0 Å². The van der Waals surface area contributed by atoms with Crippen molar-refractivity contribution >= 4 is 11.5 Å². The third-order valence-corrected chi connectivity index (χ3v) is 7.30. The zero-order chi connectivity index (χ0) is 19.9. The zero-order valence-corrected chi connectivity index (χ0v) is 17.2. The molecule has 0 saturated carbocycles. The van der Waals surface area contributed by atoms with E-state index < -0.39 is 5.54 Å². The normalized spacial score (nSPS) is 32.8. The molecule has 3 aliphatic heterocycles. The summed E-state index contributed by atoms with van der Waals surface area (Å²) in [6.45, 7) is 6.42. The van der Waals surface area contributed by atoms with Gasteiger partial charge in [0, 0.05) is 24.8 Å². The van der Waals surface area contributed by atoms with Crippen molar-refractivity contribution in [1.82, 2.24) is 4.90 Å². The maximum atomic E-state index is 13.5. The Kier molecular flexibility index (Phi) is 5.13. The number of anilines is 1. The zero-order valence-electron chi connectivity index (χ0n) is 17.2. The van der Waals surface area contributed by atoms with Gasteiger partial charge in [0.15, 0.2) is 5.78 Å². The number of aromatic hydroxyl groups is 1. The van der Waals surface area contributed by atoms with Crippen molar-refractivity contribution in [3.63, 3.8) is 0 Å². The number of nitrogens with zero attached hydrogens (tertiary/aromatic N) is 1. The van der Waals surface area contributed by atoms with Gasteiger partial charge in [-0.2, -0.15) is 0 Å². The number of Topliss-reactive ketones (excluding diaryl/α,β-unsaturated/α-hetero) is 1. The van der Waals surface area contributed by atoms with Crippen LogP contribution in [0.5, 0.6) is 5.75 Å². The second-order valence-electron chi connectivity index (χ2n) is 8.52. The number of ketones is 1. The summed E-state index contributed by atoms with van der Waals surface area (Å²) in [6.07, 6.45) is 6.93.